The van der Waals surface area contributed by atoms with Crippen molar-refractivity contribution in [3.05, 3.63) is 83.0 Å². The van der Waals surface area contributed by atoms with E-state index >= 15 is 0 Å². The minimum absolute atomic E-state index is 0.0145. The van der Waals surface area contributed by atoms with E-state index in [1.54, 1.807) is 37.4 Å². The van der Waals surface area contributed by atoms with Gasteiger partial charge >= 0.3 is 0 Å². The van der Waals surface area contributed by atoms with Crippen molar-refractivity contribution in [3.63, 3.8) is 0 Å². The largest absolute Gasteiger partial charge is 0.307 e. The fourth-order valence-electron chi connectivity index (χ4n) is 2.57. The third-order valence-corrected chi connectivity index (χ3v) is 5.60. The van der Waals surface area contributed by atoms with Crippen molar-refractivity contribution in [2.45, 2.75) is 25.7 Å². The summed E-state index contributed by atoms with van der Waals surface area (Å²) in [7, 11) is -3.82. The molecule has 0 saturated heterocycles. The first-order valence-corrected chi connectivity index (χ1v) is 10.2. The summed E-state index contributed by atoms with van der Waals surface area (Å²) in [5, 5.41) is 2.70. The molecule has 3 aromatic rings. The van der Waals surface area contributed by atoms with Gasteiger partial charge in [0.05, 0.1) is 4.90 Å². The molecule has 0 fully saturated rings. The fraction of sp³-hybridized carbons (Fsp3) is 0.143. The van der Waals surface area contributed by atoms with Crippen LogP contribution in [0.1, 0.15) is 27.0 Å². The average Bonchev–Trinajstić information content (AvgIpc) is 2.65. The maximum atomic E-state index is 12.7. The van der Waals surface area contributed by atoms with Gasteiger partial charge in [-0.05, 0) is 62.2 Å². The molecule has 2 aromatic carbocycles. The van der Waals surface area contributed by atoms with Crippen LogP contribution >= 0.6 is 0 Å². The van der Waals surface area contributed by atoms with E-state index in [4.69, 9.17) is 0 Å². The summed E-state index contributed by atoms with van der Waals surface area (Å²) in [4.78, 5) is 16.8. The molecule has 2 N–H and O–H groups in total. The molecule has 0 aliphatic heterocycles. The lowest BCUT2D eigenvalue weighted by Crippen LogP contribution is -2.17. The van der Waals surface area contributed by atoms with Crippen molar-refractivity contribution in [2.24, 2.45) is 0 Å². The summed E-state index contributed by atoms with van der Waals surface area (Å²) in [6.45, 7) is 5.57. The molecule has 6 nitrogen and oxygen atoms in total. The molecule has 1 aromatic heterocycles. The number of aromatic nitrogens is 1. The summed E-state index contributed by atoms with van der Waals surface area (Å²) in [5.74, 6) is -0.0118. The molecule has 7 heteroatoms. The van der Waals surface area contributed by atoms with E-state index in [2.05, 4.69) is 15.0 Å². The Hall–Kier alpha value is -3.19. The number of aryl methyl sites for hydroxylation is 3. The Morgan fingerprint density at radius 1 is 0.893 bits per heavy atom. The molecule has 1 heterocycles. The van der Waals surface area contributed by atoms with Crippen molar-refractivity contribution >= 4 is 27.4 Å². The number of hydrogen-bond acceptors (Lipinski definition) is 4. The number of rotatable bonds is 5. The standard InChI is InChI=1S/C21H21N3O3S/c1-14-4-8-17(9-5-14)24-28(26,27)18-10-7-16(3)19(12-18)21(25)23-20-11-6-15(2)13-22-20/h4-13,24H,1-3H3,(H,22,23,25). The van der Waals surface area contributed by atoms with E-state index in [1.165, 1.54) is 12.1 Å². The normalized spacial score (nSPS) is 11.1. The lowest BCUT2D eigenvalue weighted by molar-refractivity contribution is 0.102. The van der Waals surface area contributed by atoms with Gasteiger partial charge in [0.15, 0.2) is 0 Å². The van der Waals surface area contributed by atoms with Gasteiger partial charge < -0.3 is 5.32 Å². The van der Waals surface area contributed by atoms with Gasteiger partial charge in [-0.2, -0.15) is 0 Å². The highest BCUT2D eigenvalue weighted by atomic mass is 32.2. The minimum Gasteiger partial charge on any atom is -0.307 e. The number of carbonyl (C=O) groups excluding carboxylic acids is 1. The summed E-state index contributed by atoms with van der Waals surface area (Å²) < 4.78 is 28.0. The van der Waals surface area contributed by atoms with Crippen LogP contribution in [0, 0.1) is 20.8 Å². The van der Waals surface area contributed by atoms with Gasteiger partial charge in [0.2, 0.25) is 0 Å². The molecule has 0 radical (unpaired) electrons. The lowest BCUT2D eigenvalue weighted by Gasteiger charge is -2.12. The third kappa shape index (κ3) is 4.55. The minimum atomic E-state index is -3.82. The summed E-state index contributed by atoms with van der Waals surface area (Å²) in [6.07, 6.45) is 1.65. The molecule has 3 rings (SSSR count). The van der Waals surface area contributed by atoms with Crippen molar-refractivity contribution in [1.29, 1.82) is 0 Å². The number of carbonyl (C=O) groups is 1. The van der Waals surface area contributed by atoms with Crippen LogP contribution in [-0.4, -0.2) is 19.3 Å². The summed E-state index contributed by atoms with van der Waals surface area (Å²) in [6, 6.07) is 15.0. The van der Waals surface area contributed by atoms with Crippen LogP contribution in [0.25, 0.3) is 0 Å². The van der Waals surface area contributed by atoms with Gasteiger partial charge in [-0.1, -0.05) is 29.8 Å². The Morgan fingerprint density at radius 3 is 2.21 bits per heavy atom. The molecule has 0 aliphatic rings. The molecule has 0 bridgehead atoms. The molecule has 0 aliphatic carbocycles. The van der Waals surface area contributed by atoms with Crippen molar-refractivity contribution < 1.29 is 13.2 Å². The van der Waals surface area contributed by atoms with Crippen LogP contribution in [0.3, 0.4) is 0 Å². The molecule has 0 atom stereocenters. The Labute approximate surface area is 164 Å². The number of nitrogens with zero attached hydrogens (tertiary/aromatic N) is 1. The zero-order chi connectivity index (χ0) is 20.3. The Kier molecular flexibility index (Phi) is 5.46. The van der Waals surface area contributed by atoms with Crippen LogP contribution in [0.2, 0.25) is 0 Å². The SMILES string of the molecule is Cc1ccc(NS(=O)(=O)c2ccc(C)c(C(=O)Nc3ccc(C)cn3)c2)cc1. The van der Waals surface area contributed by atoms with Gasteiger partial charge in [0.25, 0.3) is 15.9 Å². The Balaban J connectivity index is 1.86. The van der Waals surface area contributed by atoms with Crippen molar-refractivity contribution in [3.8, 4) is 0 Å². The molecule has 144 valence electrons. The van der Waals surface area contributed by atoms with Crippen LogP contribution < -0.4 is 10.0 Å². The number of benzene rings is 2. The molecule has 28 heavy (non-hydrogen) atoms. The van der Waals surface area contributed by atoms with E-state index in [9.17, 15) is 13.2 Å². The highest BCUT2D eigenvalue weighted by molar-refractivity contribution is 7.92. The second-order valence-electron chi connectivity index (χ2n) is 6.62. The first-order chi connectivity index (χ1) is 13.2. The molecule has 0 spiro atoms. The van der Waals surface area contributed by atoms with Crippen LogP contribution in [0.4, 0.5) is 11.5 Å². The smallest absolute Gasteiger partial charge is 0.261 e. The second-order valence-corrected chi connectivity index (χ2v) is 8.31. The molecular weight excluding hydrogens is 374 g/mol. The monoisotopic (exact) mass is 395 g/mol. The van der Waals surface area contributed by atoms with Gasteiger partial charge in [-0.15, -0.1) is 0 Å². The fourth-order valence-corrected chi connectivity index (χ4v) is 3.66. The van der Waals surface area contributed by atoms with E-state index < -0.39 is 15.9 Å². The third-order valence-electron chi connectivity index (χ3n) is 4.22. The average molecular weight is 395 g/mol. The predicted molar refractivity (Wildman–Crippen MR) is 110 cm³/mol. The zero-order valence-corrected chi connectivity index (χ0v) is 16.7. The van der Waals surface area contributed by atoms with E-state index in [-0.39, 0.29) is 10.5 Å². The first kappa shape index (κ1) is 19.6. The van der Waals surface area contributed by atoms with Gasteiger partial charge in [-0.3, -0.25) is 9.52 Å². The van der Waals surface area contributed by atoms with Gasteiger partial charge in [0.1, 0.15) is 5.82 Å². The zero-order valence-electron chi connectivity index (χ0n) is 15.9. The number of hydrogen-bond donors (Lipinski definition) is 2. The Bertz CT molecular complexity index is 1110. The Morgan fingerprint density at radius 2 is 1.57 bits per heavy atom. The molecule has 1 amide bonds. The lowest BCUT2D eigenvalue weighted by atomic mass is 10.1. The number of sulfonamides is 1. The number of pyridine rings is 1. The maximum Gasteiger partial charge on any atom is 0.261 e. The van der Waals surface area contributed by atoms with E-state index in [1.807, 2.05) is 32.0 Å². The van der Waals surface area contributed by atoms with E-state index in [0.29, 0.717) is 17.1 Å². The van der Waals surface area contributed by atoms with Crippen LogP contribution in [-0.2, 0) is 10.0 Å². The predicted octanol–water partition coefficient (Wildman–Crippen LogP) is 4.06. The highest BCUT2D eigenvalue weighted by Gasteiger charge is 2.18. The van der Waals surface area contributed by atoms with Gasteiger partial charge in [-0.25, -0.2) is 13.4 Å². The number of anilines is 2. The van der Waals surface area contributed by atoms with Gasteiger partial charge in [0, 0.05) is 17.4 Å². The summed E-state index contributed by atoms with van der Waals surface area (Å²) in [5.41, 5.74) is 3.40. The second kappa shape index (κ2) is 7.82. The molecular formula is C21H21N3O3S. The van der Waals surface area contributed by atoms with Crippen molar-refractivity contribution in [1.82, 2.24) is 4.98 Å². The van der Waals surface area contributed by atoms with Crippen LogP contribution in [0.15, 0.2) is 65.7 Å². The van der Waals surface area contributed by atoms with Crippen molar-refractivity contribution in [2.75, 3.05) is 10.0 Å². The highest BCUT2D eigenvalue weighted by Crippen LogP contribution is 2.20. The quantitative estimate of drug-likeness (QED) is 0.682. The first-order valence-electron chi connectivity index (χ1n) is 8.69. The molecule has 0 unspecified atom stereocenters. The van der Waals surface area contributed by atoms with E-state index in [0.717, 1.165) is 11.1 Å². The summed E-state index contributed by atoms with van der Waals surface area (Å²) >= 11 is 0. The topological polar surface area (TPSA) is 88.2 Å². The number of amides is 1. The maximum absolute atomic E-state index is 12.7. The van der Waals surface area contributed by atoms with Crippen LogP contribution in [0.5, 0.6) is 0 Å². The molecule has 0 saturated carbocycles. The number of nitrogens with one attached hydrogen (secondary N) is 2.